The van der Waals surface area contributed by atoms with Gasteiger partial charge in [-0.05, 0) is 62.1 Å². The third kappa shape index (κ3) is 7.15. The maximum atomic E-state index is 11.7. The molecule has 2 saturated carbocycles. The predicted octanol–water partition coefficient (Wildman–Crippen LogP) is 7.12. The fourth-order valence-corrected chi connectivity index (χ4v) is 6.17. The van der Waals surface area contributed by atoms with Crippen LogP contribution in [0.5, 0.6) is 11.5 Å². The zero-order valence-corrected chi connectivity index (χ0v) is 24.3. The number of aliphatic hydroxyl groups is 1. The second-order valence-corrected chi connectivity index (χ2v) is 11.4. The van der Waals surface area contributed by atoms with E-state index >= 15 is 0 Å². The van der Waals surface area contributed by atoms with Crippen molar-refractivity contribution in [2.45, 2.75) is 81.9 Å². The third-order valence-electron chi connectivity index (χ3n) is 7.83. The van der Waals surface area contributed by atoms with Crippen molar-refractivity contribution < 1.29 is 14.6 Å². The molecular formula is C30H34Cl2N6O3. The lowest BCUT2D eigenvalue weighted by atomic mass is 9.82. The number of carbonyl (C=O) groups is 1. The highest BCUT2D eigenvalue weighted by molar-refractivity contribution is 6.31. The summed E-state index contributed by atoms with van der Waals surface area (Å²) in [7, 11) is 0. The largest absolute Gasteiger partial charge is 0.457 e. The molecule has 9 nitrogen and oxygen atoms in total. The molecule has 3 unspecified atom stereocenters. The van der Waals surface area contributed by atoms with Gasteiger partial charge in [-0.3, -0.25) is 4.79 Å². The number of aromatic nitrogens is 6. The van der Waals surface area contributed by atoms with Crippen LogP contribution in [0.4, 0.5) is 0 Å². The number of benzene rings is 2. The quantitative estimate of drug-likeness (QED) is 0.244. The van der Waals surface area contributed by atoms with Gasteiger partial charge in [-0.1, -0.05) is 61.4 Å². The SMILES string of the molecule is O=C1CCCCCC1n1cncn1.OC1(c2ccc(Oc3ccc(Cl)cc3)cc2Cl)CCCCCC1n1cncn1. The summed E-state index contributed by atoms with van der Waals surface area (Å²) in [6.07, 6.45) is 15.7. The van der Waals surface area contributed by atoms with Gasteiger partial charge in [0.25, 0.3) is 0 Å². The van der Waals surface area contributed by atoms with Crippen molar-refractivity contribution in [3.63, 3.8) is 0 Å². The maximum absolute atomic E-state index is 11.7. The Kier molecular flexibility index (Phi) is 9.69. The van der Waals surface area contributed by atoms with Crippen LogP contribution in [0, 0.1) is 0 Å². The topological polar surface area (TPSA) is 108 Å². The smallest absolute Gasteiger partial charge is 0.157 e. The minimum absolute atomic E-state index is 0.0509. The lowest BCUT2D eigenvalue weighted by Gasteiger charge is -2.36. The zero-order chi connectivity index (χ0) is 28.7. The van der Waals surface area contributed by atoms with Crippen molar-refractivity contribution in [3.05, 3.63) is 83.4 Å². The minimum Gasteiger partial charge on any atom is -0.457 e. The molecule has 1 N–H and O–H groups in total. The molecule has 216 valence electrons. The van der Waals surface area contributed by atoms with Crippen molar-refractivity contribution in [3.8, 4) is 11.5 Å². The molecule has 0 saturated heterocycles. The van der Waals surface area contributed by atoms with Crippen molar-refractivity contribution >= 4 is 29.0 Å². The first-order chi connectivity index (χ1) is 19.9. The molecule has 0 bridgehead atoms. The van der Waals surface area contributed by atoms with Gasteiger partial charge in [0.2, 0.25) is 0 Å². The third-order valence-corrected chi connectivity index (χ3v) is 8.39. The summed E-state index contributed by atoms with van der Waals surface area (Å²) in [5.41, 5.74) is -0.417. The fraction of sp³-hybridized carbons (Fsp3) is 0.433. The van der Waals surface area contributed by atoms with Gasteiger partial charge in [-0.15, -0.1) is 0 Å². The summed E-state index contributed by atoms with van der Waals surface area (Å²) in [6, 6.07) is 12.3. The van der Waals surface area contributed by atoms with Crippen LogP contribution in [0.1, 0.15) is 81.9 Å². The standard InChI is InChI=1S/C21H21Cl2N3O2.C9H13N3O/c22-15-5-7-16(8-6-15)28-17-9-10-18(19(23)12-17)21(27)11-3-1-2-4-20(21)26-14-24-13-25-26;13-9-5-3-1-2-4-8(9)12-7-10-6-11-12/h5-10,12-14,20,27H,1-4,11H2;6-8H,1-5H2. The molecule has 2 heterocycles. The fourth-order valence-electron chi connectivity index (χ4n) is 5.71. The van der Waals surface area contributed by atoms with Gasteiger partial charge in [0, 0.05) is 17.0 Å². The van der Waals surface area contributed by atoms with Crippen molar-refractivity contribution in [1.82, 2.24) is 29.5 Å². The van der Waals surface area contributed by atoms with Crippen LogP contribution in [0.25, 0.3) is 0 Å². The molecule has 2 aliphatic rings. The maximum Gasteiger partial charge on any atom is 0.157 e. The molecule has 3 atom stereocenters. The summed E-state index contributed by atoms with van der Waals surface area (Å²) in [6.45, 7) is 0. The summed E-state index contributed by atoms with van der Waals surface area (Å²) in [4.78, 5) is 19.5. The number of hydrogen-bond donors (Lipinski definition) is 1. The Morgan fingerprint density at radius 1 is 0.829 bits per heavy atom. The van der Waals surface area contributed by atoms with E-state index in [4.69, 9.17) is 27.9 Å². The highest BCUT2D eigenvalue weighted by Crippen LogP contribution is 2.46. The number of halogens is 2. The molecule has 4 aromatic rings. The molecule has 0 aliphatic heterocycles. The number of ketones is 1. The first-order valence-electron chi connectivity index (χ1n) is 14.1. The van der Waals surface area contributed by atoms with Gasteiger partial charge in [0.05, 0.1) is 11.1 Å². The molecular weight excluding hydrogens is 563 g/mol. The number of ether oxygens (including phenoxy) is 1. The average molecular weight is 598 g/mol. The minimum atomic E-state index is -1.11. The van der Waals surface area contributed by atoms with E-state index in [2.05, 4.69) is 20.2 Å². The molecule has 41 heavy (non-hydrogen) atoms. The molecule has 11 heteroatoms. The summed E-state index contributed by atoms with van der Waals surface area (Å²) in [5, 5.41) is 21.1. The van der Waals surface area contributed by atoms with Crippen LogP contribution < -0.4 is 4.74 Å². The Balaban J connectivity index is 0.000000216. The average Bonchev–Trinajstić information content (AvgIpc) is 3.62. The lowest BCUT2D eigenvalue weighted by Crippen LogP contribution is -2.36. The van der Waals surface area contributed by atoms with E-state index in [1.54, 1.807) is 52.4 Å². The van der Waals surface area contributed by atoms with E-state index in [-0.39, 0.29) is 12.1 Å². The van der Waals surface area contributed by atoms with Gasteiger partial charge < -0.3 is 9.84 Å². The lowest BCUT2D eigenvalue weighted by molar-refractivity contribution is -0.122. The van der Waals surface area contributed by atoms with Gasteiger partial charge in [0.15, 0.2) is 5.78 Å². The van der Waals surface area contributed by atoms with E-state index in [0.29, 0.717) is 45.7 Å². The van der Waals surface area contributed by atoms with Crippen LogP contribution in [0.3, 0.4) is 0 Å². The number of nitrogens with zero attached hydrogens (tertiary/aromatic N) is 6. The van der Waals surface area contributed by atoms with E-state index in [9.17, 15) is 9.90 Å². The summed E-state index contributed by atoms with van der Waals surface area (Å²) < 4.78 is 9.30. The highest BCUT2D eigenvalue weighted by Gasteiger charge is 2.42. The van der Waals surface area contributed by atoms with Gasteiger partial charge in [0.1, 0.15) is 48.5 Å². The first-order valence-corrected chi connectivity index (χ1v) is 14.9. The Bertz CT molecular complexity index is 1400. The van der Waals surface area contributed by atoms with E-state index in [1.807, 2.05) is 12.1 Å². The van der Waals surface area contributed by atoms with Crippen LogP contribution in [0.2, 0.25) is 10.0 Å². The molecule has 0 spiro atoms. The second kappa shape index (κ2) is 13.6. The van der Waals surface area contributed by atoms with Gasteiger partial charge >= 0.3 is 0 Å². The van der Waals surface area contributed by atoms with Crippen LogP contribution in [-0.2, 0) is 10.4 Å². The second-order valence-electron chi connectivity index (χ2n) is 10.6. The Morgan fingerprint density at radius 2 is 1.51 bits per heavy atom. The molecule has 2 aromatic heterocycles. The van der Waals surface area contributed by atoms with Crippen LogP contribution >= 0.6 is 23.2 Å². The Hall–Kier alpha value is -3.27. The molecule has 2 aliphatic carbocycles. The van der Waals surface area contributed by atoms with E-state index in [0.717, 1.165) is 51.4 Å². The molecule has 0 amide bonds. The van der Waals surface area contributed by atoms with Crippen LogP contribution in [-0.4, -0.2) is 40.4 Å². The number of carbonyl (C=O) groups excluding carboxylic acids is 1. The number of Topliss-reactive ketones (excluding diaryl/α,β-unsaturated/α-hetero) is 1. The number of rotatable bonds is 5. The Morgan fingerprint density at radius 3 is 2.22 bits per heavy atom. The summed E-state index contributed by atoms with van der Waals surface area (Å²) in [5.74, 6) is 1.58. The number of hydrogen-bond acceptors (Lipinski definition) is 7. The zero-order valence-electron chi connectivity index (χ0n) is 22.8. The molecule has 2 aromatic carbocycles. The predicted molar refractivity (Wildman–Crippen MR) is 156 cm³/mol. The Labute approximate surface area is 249 Å². The van der Waals surface area contributed by atoms with Gasteiger partial charge in [-0.25, -0.2) is 19.3 Å². The van der Waals surface area contributed by atoms with Gasteiger partial charge in [-0.2, -0.15) is 10.2 Å². The highest BCUT2D eigenvalue weighted by atomic mass is 35.5. The molecule has 6 rings (SSSR count). The van der Waals surface area contributed by atoms with Crippen molar-refractivity contribution in [2.24, 2.45) is 0 Å². The van der Waals surface area contributed by atoms with Crippen molar-refractivity contribution in [1.29, 1.82) is 0 Å². The monoisotopic (exact) mass is 596 g/mol. The summed E-state index contributed by atoms with van der Waals surface area (Å²) >= 11 is 12.5. The van der Waals surface area contributed by atoms with E-state index in [1.165, 1.54) is 12.7 Å². The normalized spacial score (nSPS) is 23.1. The van der Waals surface area contributed by atoms with Crippen molar-refractivity contribution in [2.75, 3.05) is 0 Å². The first kappa shape index (κ1) is 29.2. The van der Waals surface area contributed by atoms with Crippen LogP contribution in [0.15, 0.2) is 67.8 Å². The van der Waals surface area contributed by atoms with E-state index < -0.39 is 5.60 Å². The molecule has 0 radical (unpaired) electrons. The molecule has 2 fully saturated rings.